The largest absolute Gasteiger partial charge is 0.508 e. The molecule has 8 heteroatoms. The molecule has 3 aromatic rings. The van der Waals surface area contributed by atoms with Gasteiger partial charge in [0.05, 0.1) is 23.2 Å². The summed E-state index contributed by atoms with van der Waals surface area (Å²) < 4.78 is 6.29. The van der Waals surface area contributed by atoms with E-state index in [-0.39, 0.29) is 34.6 Å². The number of fused-ring (bicyclic) bond motifs is 1. The molecular weight excluding hydrogens is 348 g/mol. The Kier molecular flexibility index (Phi) is 4.59. The van der Waals surface area contributed by atoms with E-state index in [1.807, 2.05) is 0 Å². The topological polar surface area (TPSA) is 133 Å². The Morgan fingerprint density at radius 2 is 2.04 bits per heavy atom. The van der Waals surface area contributed by atoms with E-state index >= 15 is 0 Å². The van der Waals surface area contributed by atoms with Crippen LogP contribution in [-0.2, 0) is 11.3 Å². The maximum absolute atomic E-state index is 13.3. The van der Waals surface area contributed by atoms with Gasteiger partial charge in [-0.3, -0.25) is 19.1 Å². The number of aromatic hydroxyl groups is 1. The number of nitrogen functional groups attached to an aromatic ring is 1. The number of methoxy groups -OCH3 is 1. The van der Waals surface area contributed by atoms with E-state index in [9.17, 15) is 14.7 Å². The van der Waals surface area contributed by atoms with Gasteiger partial charge in [-0.25, -0.2) is 0 Å². The van der Waals surface area contributed by atoms with E-state index in [0.29, 0.717) is 22.4 Å². The van der Waals surface area contributed by atoms with Gasteiger partial charge in [0, 0.05) is 18.9 Å². The van der Waals surface area contributed by atoms with Crippen LogP contribution in [0, 0.1) is 13.8 Å². The van der Waals surface area contributed by atoms with Gasteiger partial charge in [-0.2, -0.15) is 0 Å². The average molecular weight is 368 g/mol. The summed E-state index contributed by atoms with van der Waals surface area (Å²) >= 11 is 0. The van der Waals surface area contributed by atoms with Crippen molar-refractivity contribution in [2.24, 2.45) is 5.73 Å². The molecule has 0 radical (unpaired) electrons. The number of carbonyl (C=O) groups is 1. The zero-order chi connectivity index (χ0) is 19.9. The molecule has 0 aliphatic heterocycles. The quantitative estimate of drug-likeness (QED) is 0.639. The molecule has 0 fully saturated rings. The number of anilines is 1. The summed E-state index contributed by atoms with van der Waals surface area (Å²) in [5.74, 6) is -0.911. The number of aryl methyl sites for hydroxylation is 1. The summed E-state index contributed by atoms with van der Waals surface area (Å²) in [5, 5.41) is 10.3. The lowest BCUT2D eigenvalue weighted by molar-refractivity contribution is 0.100. The van der Waals surface area contributed by atoms with Crippen molar-refractivity contribution in [3.8, 4) is 11.4 Å². The normalized spacial score (nSPS) is 11.1. The Morgan fingerprint density at radius 3 is 2.67 bits per heavy atom. The number of nitrogens with two attached hydrogens (primary N) is 2. The summed E-state index contributed by atoms with van der Waals surface area (Å²) in [5.41, 5.74) is 13.6. The van der Waals surface area contributed by atoms with Crippen molar-refractivity contribution < 1.29 is 14.6 Å². The third-order valence-corrected chi connectivity index (χ3v) is 4.50. The lowest BCUT2D eigenvalue weighted by atomic mass is 10.0. The minimum atomic E-state index is -0.797. The average Bonchev–Trinajstić information content (AvgIpc) is 2.61. The third-order valence-electron chi connectivity index (χ3n) is 4.50. The fraction of sp³-hybridized carbons (Fsp3) is 0.211. The van der Waals surface area contributed by atoms with E-state index in [4.69, 9.17) is 16.2 Å². The number of hydrogen-bond donors (Lipinski definition) is 3. The van der Waals surface area contributed by atoms with Crippen molar-refractivity contribution in [2.45, 2.75) is 20.5 Å². The van der Waals surface area contributed by atoms with Gasteiger partial charge in [0.2, 0.25) is 0 Å². The Hall–Kier alpha value is -3.39. The molecule has 2 heterocycles. The molecule has 0 aliphatic carbocycles. The van der Waals surface area contributed by atoms with Crippen LogP contribution in [0.3, 0.4) is 0 Å². The molecule has 140 valence electrons. The number of amides is 1. The zero-order valence-corrected chi connectivity index (χ0v) is 15.2. The highest BCUT2D eigenvalue weighted by molar-refractivity contribution is 6.08. The number of aromatic nitrogens is 2. The molecule has 2 aromatic heterocycles. The minimum Gasteiger partial charge on any atom is -0.508 e. The molecule has 0 atom stereocenters. The van der Waals surface area contributed by atoms with Gasteiger partial charge in [-0.1, -0.05) is 6.07 Å². The first-order valence-corrected chi connectivity index (χ1v) is 8.19. The molecule has 3 rings (SSSR count). The van der Waals surface area contributed by atoms with Gasteiger partial charge in [-0.05, 0) is 37.1 Å². The SMILES string of the molecule is COCc1cnc2c(C(N)=O)c(N)n(-c3c(C)ccc(O)c3C)c(=O)c2c1. The number of benzene rings is 1. The molecular formula is C19H20N4O4. The van der Waals surface area contributed by atoms with Gasteiger partial charge in [0.15, 0.2) is 0 Å². The smallest absolute Gasteiger partial charge is 0.266 e. The van der Waals surface area contributed by atoms with Crippen LogP contribution < -0.4 is 17.0 Å². The summed E-state index contributed by atoms with van der Waals surface area (Å²) in [4.78, 5) is 29.6. The van der Waals surface area contributed by atoms with Crippen LogP contribution in [0.5, 0.6) is 5.75 Å². The maximum Gasteiger partial charge on any atom is 0.266 e. The van der Waals surface area contributed by atoms with Crippen molar-refractivity contribution in [3.63, 3.8) is 0 Å². The number of phenols is 1. The first-order chi connectivity index (χ1) is 12.8. The molecule has 27 heavy (non-hydrogen) atoms. The highest BCUT2D eigenvalue weighted by atomic mass is 16.5. The molecule has 0 unspecified atom stereocenters. The van der Waals surface area contributed by atoms with Gasteiger partial charge in [0.1, 0.15) is 17.1 Å². The highest BCUT2D eigenvalue weighted by Crippen LogP contribution is 2.30. The number of rotatable bonds is 4. The van der Waals surface area contributed by atoms with Crippen molar-refractivity contribution in [2.75, 3.05) is 12.8 Å². The molecule has 0 saturated heterocycles. The first kappa shape index (κ1) is 18.4. The second-order valence-electron chi connectivity index (χ2n) is 6.31. The fourth-order valence-corrected chi connectivity index (χ4v) is 3.21. The lowest BCUT2D eigenvalue weighted by Gasteiger charge is -2.19. The number of carbonyl (C=O) groups excluding carboxylic acids is 1. The molecule has 0 aliphatic rings. The predicted molar refractivity (Wildman–Crippen MR) is 102 cm³/mol. The van der Waals surface area contributed by atoms with Crippen LogP contribution in [0.25, 0.3) is 16.6 Å². The van der Waals surface area contributed by atoms with Gasteiger partial charge < -0.3 is 21.3 Å². The monoisotopic (exact) mass is 368 g/mol. The molecule has 0 saturated carbocycles. The van der Waals surface area contributed by atoms with Crippen molar-refractivity contribution in [1.82, 2.24) is 9.55 Å². The standard InChI is InChI=1S/C19H20N4O4/c1-9-4-5-13(24)10(2)16(9)23-17(20)14(18(21)25)15-12(19(23)26)6-11(7-22-15)8-27-3/h4-7,24H,8,20H2,1-3H3,(H2,21,25). The molecule has 1 aromatic carbocycles. The summed E-state index contributed by atoms with van der Waals surface area (Å²) in [7, 11) is 1.53. The molecule has 8 nitrogen and oxygen atoms in total. The summed E-state index contributed by atoms with van der Waals surface area (Å²) in [6, 6.07) is 4.80. The van der Waals surface area contributed by atoms with Gasteiger partial charge in [-0.15, -0.1) is 0 Å². The van der Waals surface area contributed by atoms with Crippen molar-refractivity contribution in [1.29, 1.82) is 0 Å². The van der Waals surface area contributed by atoms with E-state index < -0.39 is 11.5 Å². The number of primary amides is 1. The Morgan fingerprint density at radius 1 is 1.33 bits per heavy atom. The minimum absolute atomic E-state index is 0.00822. The zero-order valence-electron chi connectivity index (χ0n) is 15.2. The van der Waals surface area contributed by atoms with Crippen LogP contribution in [0.2, 0.25) is 0 Å². The molecule has 0 spiro atoms. The van der Waals surface area contributed by atoms with Crippen molar-refractivity contribution in [3.05, 3.63) is 57.0 Å². The Balaban J connectivity index is 2.53. The van der Waals surface area contributed by atoms with Gasteiger partial charge in [0.25, 0.3) is 11.5 Å². The van der Waals surface area contributed by atoms with Crippen LogP contribution in [-0.4, -0.2) is 27.7 Å². The highest BCUT2D eigenvalue weighted by Gasteiger charge is 2.23. The lowest BCUT2D eigenvalue weighted by Crippen LogP contribution is -2.28. The molecule has 1 amide bonds. The van der Waals surface area contributed by atoms with Crippen LogP contribution >= 0.6 is 0 Å². The van der Waals surface area contributed by atoms with Gasteiger partial charge >= 0.3 is 0 Å². The second kappa shape index (κ2) is 6.73. The van der Waals surface area contributed by atoms with Crippen LogP contribution in [0.1, 0.15) is 27.0 Å². The fourth-order valence-electron chi connectivity index (χ4n) is 3.21. The number of nitrogens with zero attached hydrogens (tertiary/aromatic N) is 2. The first-order valence-electron chi connectivity index (χ1n) is 8.19. The van der Waals surface area contributed by atoms with Crippen LogP contribution in [0.4, 0.5) is 5.82 Å². The molecule has 5 N–H and O–H groups in total. The molecule has 0 bridgehead atoms. The van der Waals surface area contributed by atoms with E-state index in [0.717, 1.165) is 0 Å². The predicted octanol–water partition coefficient (Wildman–Crippen LogP) is 1.54. The Labute approximate surface area is 155 Å². The number of phenolic OH excluding ortho intramolecular Hbond substituents is 1. The third kappa shape index (κ3) is 2.89. The Bertz CT molecular complexity index is 1130. The number of pyridine rings is 2. The van der Waals surface area contributed by atoms with E-state index in [1.165, 1.54) is 23.9 Å². The summed E-state index contributed by atoms with van der Waals surface area (Å²) in [6.07, 6.45) is 1.51. The summed E-state index contributed by atoms with van der Waals surface area (Å²) in [6.45, 7) is 3.70. The van der Waals surface area contributed by atoms with E-state index in [2.05, 4.69) is 4.98 Å². The van der Waals surface area contributed by atoms with Crippen LogP contribution in [0.15, 0.2) is 29.2 Å². The maximum atomic E-state index is 13.3. The van der Waals surface area contributed by atoms with Crippen molar-refractivity contribution >= 4 is 22.6 Å². The van der Waals surface area contributed by atoms with E-state index in [1.54, 1.807) is 26.0 Å². The second-order valence-corrected chi connectivity index (χ2v) is 6.31. The number of ether oxygens (including phenoxy) is 1. The number of hydrogen-bond acceptors (Lipinski definition) is 6.